The van der Waals surface area contributed by atoms with Crippen molar-refractivity contribution in [1.29, 1.82) is 0 Å². The number of nitrogens with one attached hydrogen (secondary N) is 1. The lowest BCUT2D eigenvalue weighted by atomic mass is 9.95. The second-order valence-electron chi connectivity index (χ2n) is 7.12. The molecule has 0 spiro atoms. The van der Waals surface area contributed by atoms with Gasteiger partial charge in [-0.3, -0.25) is 0 Å². The summed E-state index contributed by atoms with van der Waals surface area (Å²) in [6.45, 7) is 6.89. The number of hydrogen-bond donors (Lipinski definition) is 1. The van der Waals surface area contributed by atoms with Crippen molar-refractivity contribution >= 4 is 11.9 Å². The fourth-order valence-electron chi connectivity index (χ4n) is 3.37. The van der Waals surface area contributed by atoms with Gasteiger partial charge in [0.2, 0.25) is 5.95 Å². The predicted octanol–water partition coefficient (Wildman–Crippen LogP) is 3.49. The first kappa shape index (κ1) is 21.6. The molecule has 162 valence electrons. The number of aromatic nitrogens is 4. The molecule has 1 aliphatic heterocycles. The van der Waals surface area contributed by atoms with E-state index in [1.165, 1.54) is 0 Å². The van der Waals surface area contributed by atoms with E-state index in [1.54, 1.807) is 11.8 Å². The van der Waals surface area contributed by atoms with Crippen LogP contribution in [0, 0.1) is 0 Å². The van der Waals surface area contributed by atoms with Crippen molar-refractivity contribution in [3.05, 3.63) is 35.0 Å². The molecule has 0 amide bonds. The van der Waals surface area contributed by atoms with Crippen LogP contribution in [0.5, 0.6) is 11.5 Å². The minimum Gasteiger partial charge on any atom is -0.493 e. The SMILES string of the molecule is CCCCCOc1ccc(C2C(C(=O)OCCC)=C(C)Nc3nnnn32)cc1OC. The van der Waals surface area contributed by atoms with Gasteiger partial charge in [-0.05, 0) is 47.9 Å². The third-order valence-electron chi connectivity index (χ3n) is 4.88. The highest BCUT2D eigenvalue weighted by atomic mass is 16.5. The van der Waals surface area contributed by atoms with Crippen molar-refractivity contribution in [1.82, 2.24) is 20.2 Å². The zero-order valence-corrected chi connectivity index (χ0v) is 18.0. The summed E-state index contributed by atoms with van der Waals surface area (Å²) in [6, 6.07) is 5.08. The molecule has 2 aromatic rings. The molecular weight excluding hydrogens is 386 g/mol. The number of allylic oxidation sites excluding steroid dienone is 1. The minimum atomic E-state index is -0.538. The number of carbonyl (C=O) groups excluding carboxylic acids is 1. The van der Waals surface area contributed by atoms with Gasteiger partial charge in [0.15, 0.2) is 11.5 Å². The van der Waals surface area contributed by atoms with Crippen molar-refractivity contribution in [2.24, 2.45) is 0 Å². The van der Waals surface area contributed by atoms with Crippen LogP contribution < -0.4 is 14.8 Å². The van der Waals surface area contributed by atoms with E-state index in [4.69, 9.17) is 14.2 Å². The zero-order valence-electron chi connectivity index (χ0n) is 18.0. The monoisotopic (exact) mass is 415 g/mol. The Labute approximate surface area is 176 Å². The smallest absolute Gasteiger partial charge is 0.338 e. The molecule has 9 heteroatoms. The Morgan fingerprint density at radius 1 is 1.17 bits per heavy atom. The molecule has 1 N–H and O–H groups in total. The Hall–Kier alpha value is -3.10. The normalized spacial score (nSPS) is 15.4. The molecule has 0 radical (unpaired) electrons. The molecule has 0 fully saturated rings. The van der Waals surface area contributed by atoms with Gasteiger partial charge in [-0.15, -0.1) is 0 Å². The van der Waals surface area contributed by atoms with E-state index in [2.05, 4.69) is 27.8 Å². The summed E-state index contributed by atoms with van der Waals surface area (Å²) in [5.41, 5.74) is 1.91. The second kappa shape index (κ2) is 10.1. The molecule has 3 rings (SSSR count). The molecule has 1 atom stereocenters. The van der Waals surface area contributed by atoms with Gasteiger partial charge in [-0.2, -0.15) is 4.68 Å². The fraction of sp³-hybridized carbons (Fsp3) is 0.524. The number of anilines is 1. The van der Waals surface area contributed by atoms with Crippen LogP contribution in [-0.4, -0.2) is 46.5 Å². The number of tetrazole rings is 1. The Morgan fingerprint density at radius 2 is 2.00 bits per heavy atom. The van der Waals surface area contributed by atoms with Crippen molar-refractivity contribution < 1.29 is 19.0 Å². The van der Waals surface area contributed by atoms with Crippen LogP contribution in [0.15, 0.2) is 29.5 Å². The zero-order chi connectivity index (χ0) is 21.5. The molecule has 1 unspecified atom stereocenters. The molecule has 0 saturated carbocycles. The van der Waals surface area contributed by atoms with E-state index >= 15 is 0 Å². The molecular formula is C21H29N5O4. The van der Waals surface area contributed by atoms with E-state index in [0.29, 0.717) is 41.9 Å². The lowest BCUT2D eigenvalue weighted by Crippen LogP contribution is -2.29. The summed E-state index contributed by atoms with van der Waals surface area (Å²) in [7, 11) is 1.60. The van der Waals surface area contributed by atoms with Gasteiger partial charge in [-0.1, -0.05) is 37.9 Å². The number of benzene rings is 1. The number of nitrogens with zero attached hydrogens (tertiary/aromatic N) is 4. The molecule has 0 saturated heterocycles. The number of fused-ring (bicyclic) bond motifs is 1. The van der Waals surface area contributed by atoms with Crippen LogP contribution in [0.1, 0.15) is 58.1 Å². The summed E-state index contributed by atoms with van der Waals surface area (Å²) in [5.74, 6) is 1.32. The maximum atomic E-state index is 12.8. The van der Waals surface area contributed by atoms with Gasteiger partial charge in [0.05, 0.1) is 25.9 Å². The van der Waals surface area contributed by atoms with E-state index in [9.17, 15) is 4.79 Å². The third kappa shape index (κ3) is 4.55. The van der Waals surface area contributed by atoms with Gasteiger partial charge in [0, 0.05) is 5.70 Å². The number of rotatable bonds is 10. The largest absolute Gasteiger partial charge is 0.493 e. The van der Waals surface area contributed by atoms with Gasteiger partial charge < -0.3 is 19.5 Å². The predicted molar refractivity (Wildman–Crippen MR) is 112 cm³/mol. The van der Waals surface area contributed by atoms with E-state index in [1.807, 2.05) is 32.0 Å². The third-order valence-corrected chi connectivity index (χ3v) is 4.88. The van der Waals surface area contributed by atoms with E-state index < -0.39 is 12.0 Å². The van der Waals surface area contributed by atoms with Crippen LogP contribution in [0.3, 0.4) is 0 Å². The Morgan fingerprint density at radius 3 is 2.73 bits per heavy atom. The quantitative estimate of drug-likeness (QED) is 0.465. The topological polar surface area (TPSA) is 100 Å². The molecule has 1 aromatic heterocycles. The summed E-state index contributed by atoms with van der Waals surface area (Å²) in [5, 5.41) is 14.9. The number of carbonyl (C=O) groups is 1. The first-order valence-corrected chi connectivity index (χ1v) is 10.3. The first-order valence-electron chi connectivity index (χ1n) is 10.3. The highest BCUT2D eigenvalue weighted by Gasteiger charge is 2.35. The van der Waals surface area contributed by atoms with Crippen LogP contribution >= 0.6 is 0 Å². The van der Waals surface area contributed by atoms with Crippen LogP contribution in [0.4, 0.5) is 5.95 Å². The van der Waals surface area contributed by atoms with Crippen molar-refractivity contribution in [3.63, 3.8) is 0 Å². The van der Waals surface area contributed by atoms with E-state index in [0.717, 1.165) is 31.2 Å². The fourth-order valence-corrected chi connectivity index (χ4v) is 3.37. The number of unbranched alkanes of at least 4 members (excludes halogenated alkanes) is 2. The number of methoxy groups -OCH3 is 1. The van der Waals surface area contributed by atoms with Crippen LogP contribution in [0.2, 0.25) is 0 Å². The molecule has 0 aliphatic carbocycles. The van der Waals surface area contributed by atoms with Crippen molar-refractivity contribution in [2.45, 2.75) is 52.5 Å². The highest BCUT2D eigenvalue weighted by Crippen LogP contribution is 2.38. The molecule has 1 aliphatic rings. The highest BCUT2D eigenvalue weighted by molar-refractivity contribution is 5.92. The maximum absolute atomic E-state index is 12.8. The lowest BCUT2D eigenvalue weighted by Gasteiger charge is -2.27. The second-order valence-corrected chi connectivity index (χ2v) is 7.12. The van der Waals surface area contributed by atoms with Gasteiger partial charge >= 0.3 is 5.97 Å². The molecule has 2 heterocycles. The summed E-state index contributed by atoms with van der Waals surface area (Å²) in [6.07, 6.45) is 3.97. The first-order chi connectivity index (χ1) is 14.6. The standard InChI is InChI=1S/C21H29N5O4/c1-5-7-8-12-29-16-10-9-15(13-17(16)28-4)19-18(20(27)30-11-6-2)14(3)22-21-23-24-25-26(19)21/h9-10,13,19H,5-8,11-12H2,1-4H3,(H,22,23,25). The van der Waals surface area contributed by atoms with E-state index in [-0.39, 0.29) is 0 Å². The Balaban J connectivity index is 1.95. The van der Waals surface area contributed by atoms with Gasteiger partial charge in [0.25, 0.3) is 0 Å². The van der Waals surface area contributed by atoms with Gasteiger partial charge in [-0.25, -0.2) is 4.79 Å². The summed E-state index contributed by atoms with van der Waals surface area (Å²) in [4.78, 5) is 12.8. The maximum Gasteiger partial charge on any atom is 0.338 e. The molecule has 30 heavy (non-hydrogen) atoms. The average molecular weight is 415 g/mol. The minimum absolute atomic E-state index is 0.346. The summed E-state index contributed by atoms with van der Waals surface area (Å²) >= 11 is 0. The number of ether oxygens (including phenoxy) is 3. The van der Waals surface area contributed by atoms with Crippen molar-refractivity contribution in [2.75, 3.05) is 25.6 Å². The summed E-state index contributed by atoms with van der Waals surface area (Å²) < 4.78 is 18.4. The molecule has 1 aromatic carbocycles. The van der Waals surface area contributed by atoms with Crippen LogP contribution in [0.25, 0.3) is 0 Å². The molecule has 0 bridgehead atoms. The van der Waals surface area contributed by atoms with Crippen molar-refractivity contribution in [3.8, 4) is 11.5 Å². The number of hydrogen-bond acceptors (Lipinski definition) is 8. The molecule has 9 nitrogen and oxygen atoms in total. The Kier molecular flexibility index (Phi) is 7.26. The Bertz CT molecular complexity index is 909. The van der Waals surface area contributed by atoms with Crippen LogP contribution in [-0.2, 0) is 9.53 Å². The lowest BCUT2D eigenvalue weighted by molar-refractivity contribution is -0.139. The number of esters is 1. The average Bonchev–Trinajstić information content (AvgIpc) is 3.22. The van der Waals surface area contributed by atoms with Gasteiger partial charge in [0.1, 0.15) is 6.04 Å².